The topological polar surface area (TPSA) is 67.6 Å². The van der Waals surface area contributed by atoms with Gasteiger partial charge in [-0.2, -0.15) is 0 Å². The fraction of sp³-hybridized carbons (Fsp3) is 0.250. The van der Waals surface area contributed by atoms with Gasteiger partial charge in [-0.05, 0) is 11.5 Å². The summed E-state index contributed by atoms with van der Waals surface area (Å²) in [6.07, 6.45) is 0. The van der Waals surface area contributed by atoms with E-state index in [1.165, 1.54) is 18.5 Å². The first kappa shape index (κ1) is 10.8. The third kappa shape index (κ3) is 3.66. The SMILES string of the molecule is CC(=NO)Oc1csnn1.[H-].[Na+]. The zero-order chi connectivity index (χ0) is 7.40. The van der Waals surface area contributed by atoms with Crippen molar-refractivity contribution < 1.29 is 40.9 Å². The summed E-state index contributed by atoms with van der Waals surface area (Å²) < 4.78 is 8.38. The Kier molecular flexibility index (Phi) is 5.39. The van der Waals surface area contributed by atoms with Crippen molar-refractivity contribution in [2.45, 2.75) is 6.92 Å². The molecule has 11 heavy (non-hydrogen) atoms. The number of hydrogen-bond acceptors (Lipinski definition) is 6. The van der Waals surface area contributed by atoms with Gasteiger partial charge in [0, 0.05) is 6.92 Å². The van der Waals surface area contributed by atoms with Gasteiger partial charge in [0.1, 0.15) is 0 Å². The van der Waals surface area contributed by atoms with E-state index in [1.807, 2.05) is 0 Å². The molecule has 0 saturated carbocycles. The van der Waals surface area contributed by atoms with E-state index in [-0.39, 0.29) is 36.9 Å². The molecule has 0 radical (unpaired) electrons. The van der Waals surface area contributed by atoms with Crippen molar-refractivity contribution in [3.05, 3.63) is 5.38 Å². The molecule has 0 unspecified atom stereocenters. The summed E-state index contributed by atoms with van der Waals surface area (Å²) in [5.41, 5.74) is 0. The van der Waals surface area contributed by atoms with E-state index >= 15 is 0 Å². The van der Waals surface area contributed by atoms with Gasteiger partial charge >= 0.3 is 29.6 Å². The molecule has 0 saturated heterocycles. The third-order valence-corrected chi connectivity index (χ3v) is 1.22. The van der Waals surface area contributed by atoms with Gasteiger partial charge < -0.3 is 11.4 Å². The van der Waals surface area contributed by atoms with Crippen molar-refractivity contribution in [1.82, 2.24) is 9.59 Å². The summed E-state index contributed by atoms with van der Waals surface area (Å²) in [4.78, 5) is 0. The minimum Gasteiger partial charge on any atom is -1.00 e. The minimum absolute atomic E-state index is 0. The van der Waals surface area contributed by atoms with Crippen molar-refractivity contribution in [3.63, 3.8) is 0 Å². The van der Waals surface area contributed by atoms with E-state index in [2.05, 4.69) is 14.7 Å². The second-order valence-corrected chi connectivity index (χ2v) is 2.07. The van der Waals surface area contributed by atoms with Gasteiger partial charge in [0.2, 0.25) is 5.90 Å². The van der Waals surface area contributed by atoms with Gasteiger partial charge in [-0.15, -0.1) is 0 Å². The van der Waals surface area contributed by atoms with E-state index in [4.69, 9.17) is 9.94 Å². The fourth-order valence-electron chi connectivity index (χ4n) is 0.372. The van der Waals surface area contributed by atoms with Gasteiger partial charge in [0.15, 0.2) is 0 Å². The smallest absolute Gasteiger partial charge is 1.00 e. The molecule has 0 bridgehead atoms. The molecule has 1 aromatic rings. The number of aromatic nitrogens is 2. The average molecular weight is 183 g/mol. The molecule has 1 rings (SSSR count). The fourth-order valence-corrected chi connectivity index (χ4v) is 0.732. The molecule has 0 aliphatic heterocycles. The summed E-state index contributed by atoms with van der Waals surface area (Å²) in [6.45, 7) is 1.51. The molecule has 1 aromatic heterocycles. The normalized spacial score (nSPS) is 10.5. The maximum Gasteiger partial charge on any atom is 1.00 e. The summed E-state index contributed by atoms with van der Waals surface area (Å²) >= 11 is 1.17. The number of rotatable bonds is 1. The number of nitrogens with zero attached hydrogens (tertiary/aromatic N) is 3. The molecule has 1 heterocycles. The molecule has 0 atom stereocenters. The summed E-state index contributed by atoms with van der Waals surface area (Å²) in [5.74, 6) is 0.494. The summed E-state index contributed by atoms with van der Waals surface area (Å²) in [6, 6.07) is 0. The molecular formula is C4H6N3NaO2S. The molecule has 1 N–H and O–H groups in total. The zero-order valence-corrected chi connectivity index (χ0v) is 9.00. The van der Waals surface area contributed by atoms with E-state index in [9.17, 15) is 0 Å². The van der Waals surface area contributed by atoms with Crippen molar-refractivity contribution in [1.29, 1.82) is 0 Å². The standard InChI is InChI=1S/C4H5N3O2S.Na.H/c1-3(6-8)9-4-2-10-7-5-4;;/h2,8H,1H3;;/q;+1;-1. The first-order valence-corrected chi connectivity index (χ1v) is 3.30. The first-order valence-electron chi connectivity index (χ1n) is 2.46. The van der Waals surface area contributed by atoms with Crippen LogP contribution in [0.25, 0.3) is 0 Å². The summed E-state index contributed by atoms with van der Waals surface area (Å²) in [7, 11) is 0. The molecule has 0 fully saturated rings. The number of oxime groups is 1. The molecule has 0 aliphatic rings. The second-order valence-electron chi connectivity index (χ2n) is 1.46. The van der Waals surface area contributed by atoms with Gasteiger partial charge in [0.05, 0.1) is 5.38 Å². The van der Waals surface area contributed by atoms with Gasteiger partial charge in [-0.3, -0.25) is 0 Å². The van der Waals surface area contributed by atoms with Crippen molar-refractivity contribution in [2.75, 3.05) is 0 Å². The molecule has 0 aromatic carbocycles. The Balaban J connectivity index is 0. The Bertz CT molecular complexity index is 230. The van der Waals surface area contributed by atoms with Gasteiger partial charge in [-0.1, -0.05) is 14.7 Å². The largest absolute Gasteiger partial charge is 1.00 e. The molecule has 56 valence electrons. The van der Waals surface area contributed by atoms with Gasteiger partial charge in [0.25, 0.3) is 5.88 Å². The van der Waals surface area contributed by atoms with E-state index < -0.39 is 0 Å². The van der Waals surface area contributed by atoms with Crippen LogP contribution in [0.5, 0.6) is 5.88 Å². The van der Waals surface area contributed by atoms with Crippen LogP contribution >= 0.6 is 11.5 Å². The predicted octanol–water partition coefficient (Wildman–Crippen LogP) is -2.16. The van der Waals surface area contributed by atoms with E-state index in [0.717, 1.165) is 0 Å². The van der Waals surface area contributed by atoms with Crippen LogP contribution in [0.4, 0.5) is 0 Å². The molecule has 7 heteroatoms. The van der Waals surface area contributed by atoms with E-state index in [0.29, 0.717) is 5.88 Å². The van der Waals surface area contributed by atoms with Crippen molar-refractivity contribution in [3.8, 4) is 5.88 Å². The Morgan fingerprint density at radius 3 is 3.09 bits per heavy atom. The van der Waals surface area contributed by atoms with Crippen LogP contribution in [0.3, 0.4) is 0 Å². The Labute approximate surface area is 91.0 Å². The molecule has 0 amide bonds. The second kappa shape index (κ2) is 5.48. The zero-order valence-electron chi connectivity index (χ0n) is 7.18. The number of hydrogen-bond donors (Lipinski definition) is 1. The van der Waals surface area contributed by atoms with Crippen LogP contribution < -0.4 is 34.3 Å². The Morgan fingerprint density at radius 2 is 2.64 bits per heavy atom. The Morgan fingerprint density at radius 1 is 1.91 bits per heavy atom. The Hall–Kier alpha value is -0.170. The predicted molar refractivity (Wildman–Crippen MR) is 36.5 cm³/mol. The van der Waals surface area contributed by atoms with Crippen LogP contribution in [0, 0.1) is 0 Å². The van der Waals surface area contributed by atoms with E-state index in [1.54, 1.807) is 5.38 Å². The molecule has 5 nitrogen and oxygen atoms in total. The van der Waals surface area contributed by atoms with Gasteiger partial charge in [-0.25, -0.2) is 0 Å². The van der Waals surface area contributed by atoms with Crippen molar-refractivity contribution >= 4 is 17.4 Å². The maximum atomic E-state index is 8.15. The molecule has 0 spiro atoms. The third-order valence-electron chi connectivity index (χ3n) is 0.733. The van der Waals surface area contributed by atoms with Crippen LogP contribution in [-0.4, -0.2) is 20.7 Å². The molecular weight excluding hydrogens is 177 g/mol. The van der Waals surface area contributed by atoms with Crippen molar-refractivity contribution in [2.24, 2.45) is 5.16 Å². The number of ether oxygens (including phenoxy) is 1. The molecule has 0 aliphatic carbocycles. The monoisotopic (exact) mass is 183 g/mol. The van der Waals surface area contributed by atoms with Crippen LogP contribution in [0.1, 0.15) is 8.35 Å². The minimum atomic E-state index is 0. The van der Waals surface area contributed by atoms with Crippen LogP contribution in [0.15, 0.2) is 10.5 Å². The summed E-state index contributed by atoms with van der Waals surface area (Å²) in [5, 5.41) is 16.1. The van der Waals surface area contributed by atoms with Crippen LogP contribution in [-0.2, 0) is 0 Å². The quantitative estimate of drug-likeness (QED) is 0.177. The first-order chi connectivity index (χ1) is 4.83. The maximum absolute atomic E-state index is 8.15. The van der Waals surface area contributed by atoms with Crippen LogP contribution in [0.2, 0.25) is 0 Å². The average Bonchev–Trinajstić information content (AvgIpc) is 2.40.